The molecule has 3 fully saturated rings. The fourth-order valence-electron chi connectivity index (χ4n) is 4.95. The van der Waals surface area contributed by atoms with Crippen molar-refractivity contribution in [1.82, 2.24) is 15.0 Å². The number of aromatic nitrogens is 2. The van der Waals surface area contributed by atoms with Crippen molar-refractivity contribution in [2.45, 2.75) is 81.8 Å². The Morgan fingerprint density at radius 2 is 1.85 bits per heavy atom. The fraction of sp³-hybridized carbons (Fsp3) is 0.615. The molecule has 2 aromatic rings. The molecule has 0 aliphatic heterocycles. The van der Waals surface area contributed by atoms with Crippen molar-refractivity contribution < 1.29 is 23.6 Å². The molecule has 5 rings (SSSR count). The van der Waals surface area contributed by atoms with Crippen LogP contribution in [-0.2, 0) is 19.7 Å². The second kappa shape index (κ2) is 8.40. The summed E-state index contributed by atoms with van der Waals surface area (Å²) in [6.07, 6.45) is 3.80. The van der Waals surface area contributed by atoms with Crippen molar-refractivity contribution >= 4 is 12.1 Å². The van der Waals surface area contributed by atoms with Gasteiger partial charge in [-0.15, -0.1) is 0 Å². The third kappa shape index (κ3) is 4.55. The van der Waals surface area contributed by atoms with E-state index in [9.17, 15) is 9.59 Å². The maximum absolute atomic E-state index is 13.2. The molecule has 8 heteroatoms. The zero-order chi connectivity index (χ0) is 24.1. The maximum Gasteiger partial charge on any atom is 0.410 e. The Kier molecular flexibility index (Phi) is 5.65. The van der Waals surface area contributed by atoms with Gasteiger partial charge in [0.05, 0.1) is 18.4 Å². The Hall–Kier alpha value is -2.90. The highest BCUT2D eigenvalue weighted by Crippen LogP contribution is 2.52. The van der Waals surface area contributed by atoms with Crippen molar-refractivity contribution in [1.29, 1.82) is 0 Å². The summed E-state index contributed by atoms with van der Waals surface area (Å²) in [7, 11) is 1.41. The quantitative estimate of drug-likeness (QED) is 0.551. The summed E-state index contributed by atoms with van der Waals surface area (Å²) in [6, 6.07) is 10.4. The van der Waals surface area contributed by atoms with Crippen LogP contribution in [0.2, 0.25) is 0 Å². The first kappa shape index (κ1) is 22.9. The lowest BCUT2D eigenvalue weighted by Gasteiger charge is -2.30. The van der Waals surface area contributed by atoms with Crippen LogP contribution in [0.5, 0.6) is 0 Å². The number of rotatable bonds is 7. The largest absolute Gasteiger partial charge is 0.469 e. The van der Waals surface area contributed by atoms with Crippen LogP contribution in [0.3, 0.4) is 0 Å². The minimum Gasteiger partial charge on any atom is -0.469 e. The molecular formula is C26H33N3O5. The van der Waals surface area contributed by atoms with Crippen molar-refractivity contribution in [2.24, 2.45) is 5.92 Å². The van der Waals surface area contributed by atoms with Crippen LogP contribution in [0.15, 0.2) is 34.9 Å². The lowest BCUT2D eigenvalue weighted by molar-refractivity contribution is -0.149. The average molecular weight is 468 g/mol. The number of carbonyl (C=O) groups is 2. The lowest BCUT2D eigenvalue weighted by Crippen LogP contribution is -2.43. The summed E-state index contributed by atoms with van der Waals surface area (Å²) in [5, 5.41) is 4.31. The lowest BCUT2D eigenvalue weighted by atomic mass is 9.75. The molecule has 1 amide bonds. The SMILES string of the molecule is COC(=O)[C@H]1C[C@@H](c2nc(C3(CN(C(=O)OC(C)(C)C)C4CC4c4ccccc4)CC3)no2)C1. The molecular weight excluding hydrogens is 434 g/mol. The molecule has 8 nitrogen and oxygen atoms in total. The number of carbonyl (C=O) groups excluding carboxylic acids is 2. The van der Waals surface area contributed by atoms with E-state index >= 15 is 0 Å². The van der Waals surface area contributed by atoms with Gasteiger partial charge in [0.25, 0.3) is 0 Å². The third-order valence-corrected chi connectivity index (χ3v) is 7.28. The number of nitrogens with zero attached hydrogens (tertiary/aromatic N) is 3. The Labute approximate surface area is 200 Å². The topological polar surface area (TPSA) is 94.8 Å². The van der Waals surface area contributed by atoms with Crippen molar-refractivity contribution in [3.8, 4) is 0 Å². The zero-order valence-electron chi connectivity index (χ0n) is 20.3. The number of benzene rings is 1. The van der Waals surface area contributed by atoms with Gasteiger partial charge in [-0.25, -0.2) is 4.79 Å². The zero-order valence-corrected chi connectivity index (χ0v) is 20.3. The molecule has 3 aliphatic carbocycles. The van der Waals surface area contributed by atoms with E-state index in [-0.39, 0.29) is 35.4 Å². The van der Waals surface area contributed by atoms with Gasteiger partial charge >= 0.3 is 12.1 Å². The highest BCUT2D eigenvalue weighted by atomic mass is 16.6. The van der Waals surface area contributed by atoms with Gasteiger partial charge in [-0.05, 0) is 58.4 Å². The van der Waals surface area contributed by atoms with Crippen LogP contribution in [0.4, 0.5) is 4.79 Å². The average Bonchev–Trinajstić information content (AvgIpc) is 3.67. The summed E-state index contributed by atoms with van der Waals surface area (Å²) < 4.78 is 16.2. The molecule has 34 heavy (non-hydrogen) atoms. The number of methoxy groups -OCH3 is 1. The second-order valence-electron chi connectivity index (χ2n) is 11.1. The van der Waals surface area contributed by atoms with Crippen molar-refractivity contribution in [3.63, 3.8) is 0 Å². The van der Waals surface area contributed by atoms with Gasteiger partial charge in [0.2, 0.25) is 5.89 Å². The molecule has 1 aromatic heterocycles. The highest BCUT2D eigenvalue weighted by molar-refractivity contribution is 5.73. The van der Waals surface area contributed by atoms with E-state index in [1.54, 1.807) is 0 Å². The highest BCUT2D eigenvalue weighted by Gasteiger charge is 2.55. The van der Waals surface area contributed by atoms with Gasteiger partial charge in [0.1, 0.15) is 5.60 Å². The molecule has 1 aromatic carbocycles. The standard InChI is InChI=1S/C26H33N3O5/c1-25(2,3)33-24(31)29(20-14-19(20)16-8-6-5-7-9-16)15-26(10-11-26)23-27-21(34-28-23)17-12-18(13-17)22(30)32-4/h5-9,17-20H,10-15H2,1-4H3/t17-,18+,19?,20?. The van der Waals surface area contributed by atoms with Gasteiger partial charge in [-0.2, -0.15) is 4.98 Å². The molecule has 3 aliphatic rings. The van der Waals surface area contributed by atoms with E-state index in [1.165, 1.54) is 12.7 Å². The normalized spacial score (nSPS) is 26.8. The molecule has 0 N–H and O–H groups in total. The van der Waals surface area contributed by atoms with E-state index in [0.717, 1.165) is 19.3 Å². The summed E-state index contributed by atoms with van der Waals surface area (Å²) in [4.78, 5) is 31.5. The van der Waals surface area contributed by atoms with E-state index < -0.39 is 5.60 Å². The third-order valence-electron chi connectivity index (χ3n) is 7.28. The summed E-state index contributed by atoms with van der Waals surface area (Å²) in [5.41, 5.74) is 0.384. The van der Waals surface area contributed by atoms with Crippen LogP contribution in [0.25, 0.3) is 0 Å². The van der Waals surface area contributed by atoms with Crippen molar-refractivity contribution in [2.75, 3.05) is 13.7 Å². The predicted octanol–water partition coefficient (Wildman–Crippen LogP) is 4.56. The first-order valence-corrected chi connectivity index (χ1v) is 12.2. The Bertz CT molecular complexity index is 1050. The van der Waals surface area contributed by atoms with Crippen molar-refractivity contribution in [3.05, 3.63) is 47.6 Å². The molecule has 3 saturated carbocycles. The summed E-state index contributed by atoms with van der Waals surface area (Å²) >= 11 is 0. The molecule has 182 valence electrons. The first-order chi connectivity index (χ1) is 16.2. The smallest absolute Gasteiger partial charge is 0.410 e. The molecule has 2 atom stereocenters. The summed E-state index contributed by atoms with van der Waals surface area (Å²) in [6.45, 7) is 6.19. The Balaban J connectivity index is 1.30. The van der Waals surface area contributed by atoms with E-state index in [4.69, 9.17) is 19.0 Å². The first-order valence-electron chi connectivity index (χ1n) is 12.2. The van der Waals surface area contributed by atoms with Crippen LogP contribution >= 0.6 is 0 Å². The Morgan fingerprint density at radius 3 is 2.47 bits per heavy atom. The van der Waals surface area contributed by atoms with Gasteiger partial charge < -0.3 is 18.9 Å². The Morgan fingerprint density at radius 1 is 1.15 bits per heavy atom. The number of ether oxygens (including phenoxy) is 2. The second-order valence-corrected chi connectivity index (χ2v) is 11.1. The molecule has 2 unspecified atom stereocenters. The number of esters is 1. The van der Waals surface area contributed by atoms with Gasteiger partial charge in [0.15, 0.2) is 5.82 Å². The number of hydrogen-bond acceptors (Lipinski definition) is 7. The van der Waals surface area contributed by atoms with Crippen LogP contribution < -0.4 is 0 Å². The molecule has 0 spiro atoms. The summed E-state index contributed by atoms with van der Waals surface area (Å²) in [5.74, 6) is 1.38. The van der Waals surface area contributed by atoms with E-state index in [0.29, 0.717) is 37.0 Å². The molecule has 1 heterocycles. The monoisotopic (exact) mass is 467 g/mol. The minimum absolute atomic E-state index is 0.0901. The van der Waals surface area contributed by atoms with Gasteiger partial charge in [0, 0.05) is 24.4 Å². The minimum atomic E-state index is -0.567. The number of hydrogen-bond donors (Lipinski definition) is 0. The number of amides is 1. The molecule has 0 bridgehead atoms. The van der Waals surface area contributed by atoms with Crippen LogP contribution in [-0.4, -0.2) is 52.4 Å². The maximum atomic E-state index is 13.2. The fourth-order valence-corrected chi connectivity index (χ4v) is 4.95. The van der Waals surface area contributed by atoms with Gasteiger partial charge in [-0.1, -0.05) is 35.5 Å². The van der Waals surface area contributed by atoms with E-state index in [1.807, 2.05) is 43.9 Å². The van der Waals surface area contributed by atoms with Crippen LogP contribution in [0, 0.1) is 5.92 Å². The molecule has 0 radical (unpaired) electrons. The molecule has 0 saturated heterocycles. The predicted molar refractivity (Wildman–Crippen MR) is 123 cm³/mol. The van der Waals surface area contributed by atoms with Gasteiger partial charge in [-0.3, -0.25) is 4.79 Å². The van der Waals surface area contributed by atoms with Crippen LogP contribution in [0.1, 0.15) is 82.0 Å². The van der Waals surface area contributed by atoms with E-state index in [2.05, 4.69) is 17.3 Å².